The third-order valence-electron chi connectivity index (χ3n) is 8.22. The van der Waals surface area contributed by atoms with Crippen molar-refractivity contribution in [1.29, 1.82) is 0 Å². The van der Waals surface area contributed by atoms with Gasteiger partial charge < -0.3 is 20.6 Å². The number of hydrogen-bond acceptors (Lipinski definition) is 5. The van der Waals surface area contributed by atoms with Crippen LogP contribution in [-0.4, -0.2) is 82.1 Å². The number of aliphatic hydroxyl groups is 2. The Morgan fingerprint density at radius 2 is 1.53 bits per heavy atom. The van der Waals surface area contributed by atoms with Crippen molar-refractivity contribution < 1.29 is 33.7 Å². The van der Waals surface area contributed by atoms with Crippen molar-refractivity contribution in [3.8, 4) is 0 Å². The van der Waals surface area contributed by atoms with Gasteiger partial charge in [-0.05, 0) is 60.2 Å². The zero-order chi connectivity index (χ0) is 30.5. The van der Waals surface area contributed by atoms with E-state index < -0.39 is 52.7 Å². The number of anilines is 1. The van der Waals surface area contributed by atoms with Gasteiger partial charge in [0, 0.05) is 18.7 Å². The van der Waals surface area contributed by atoms with Crippen molar-refractivity contribution in [2.45, 2.75) is 63.3 Å². The van der Waals surface area contributed by atoms with Gasteiger partial charge in [-0.3, -0.25) is 14.5 Å². The van der Waals surface area contributed by atoms with Crippen molar-refractivity contribution in [3.05, 3.63) is 102 Å². The number of hydrogen-bond donors (Lipinski definition) is 4. The summed E-state index contributed by atoms with van der Waals surface area (Å²) in [6.45, 7) is 3.80. The van der Waals surface area contributed by atoms with Crippen LogP contribution in [-0.2, 0) is 15.2 Å². The van der Waals surface area contributed by atoms with Gasteiger partial charge in [-0.15, -0.1) is 0 Å². The fraction of sp³-hybridized carbons (Fsp3) is 0.394. The number of benzene rings is 3. The number of carbonyl (C=O) groups is 2. The first kappa shape index (κ1) is 35.1. The van der Waals surface area contributed by atoms with Crippen LogP contribution in [0.15, 0.2) is 78.9 Å². The Bertz CT molecular complexity index is 1380. The zero-order valence-corrected chi connectivity index (χ0v) is 23.8. The summed E-state index contributed by atoms with van der Waals surface area (Å²) in [6, 6.07) is 18.7. The first-order valence-corrected chi connectivity index (χ1v) is 14.3. The molecule has 4 rings (SSSR count). The summed E-state index contributed by atoms with van der Waals surface area (Å²) in [5.74, 6) is -4.58. The number of aliphatic carboxylic acids is 1. The number of amides is 1. The molecule has 0 radical (unpaired) electrons. The molecule has 43 heavy (non-hydrogen) atoms. The predicted molar refractivity (Wildman–Crippen MR) is 164 cm³/mol. The van der Waals surface area contributed by atoms with Crippen LogP contribution in [0.1, 0.15) is 63.1 Å². The van der Waals surface area contributed by atoms with E-state index in [1.54, 1.807) is 61.2 Å². The maximum absolute atomic E-state index is 14.2. The van der Waals surface area contributed by atoms with E-state index in [4.69, 9.17) is 5.11 Å². The number of unbranched alkanes of at least 4 members (excludes halogenated alkanes) is 3. The van der Waals surface area contributed by atoms with E-state index in [2.05, 4.69) is 5.32 Å². The molecule has 3 aromatic rings. The van der Waals surface area contributed by atoms with Gasteiger partial charge in [0.1, 0.15) is 28.9 Å². The Kier molecular flexibility index (Phi) is 12.3. The molecule has 228 valence electrons. The Balaban J connectivity index is 0.00000506. The third-order valence-corrected chi connectivity index (χ3v) is 8.22. The van der Waals surface area contributed by atoms with E-state index in [-0.39, 0.29) is 56.4 Å². The maximum atomic E-state index is 14.2. The minimum atomic E-state index is -1.99. The van der Waals surface area contributed by atoms with Crippen LogP contribution in [0, 0.1) is 23.5 Å². The van der Waals surface area contributed by atoms with E-state index >= 15 is 0 Å². The van der Waals surface area contributed by atoms with Crippen LogP contribution in [0.5, 0.6) is 0 Å². The molecule has 1 aliphatic heterocycles. The summed E-state index contributed by atoms with van der Waals surface area (Å²) >= 11 is 0. The van der Waals surface area contributed by atoms with E-state index in [0.29, 0.717) is 36.8 Å². The monoisotopic (exact) mass is 622 g/mol. The number of carbonyl (C=O) groups excluding carboxylic acids is 1. The first-order valence-electron chi connectivity index (χ1n) is 14.3. The second-order valence-electron chi connectivity index (χ2n) is 11.3. The van der Waals surface area contributed by atoms with Crippen LogP contribution < -0.4 is 5.32 Å². The summed E-state index contributed by atoms with van der Waals surface area (Å²) in [4.78, 5) is 26.8. The number of nitrogens with zero attached hydrogens (tertiary/aromatic N) is 1. The summed E-state index contributed by atoms with van der Waals surface area (Å²) in [5, 5.41) is 37.2. The summed E-state index contributed by atoms with van der Waals surface area (Å²) in [6.07, 6.45) is 2.45. The van der Waals surface area contributed by atoms with Gasteiger partial charge >= 0.3 is 43.7 Å². The molecule has 4 unspecified atom stereocenters. The Labute approximate surface area is 280 Å². The van der Waals surface area contributed by atoms with Crippen molar-refractivity contribution in [3.63, 3.8) is 0 Å². The predicted octanol–water partition coefficient (Wildman–Crippen LogP) is 4.93. The summed E-state index contributed by atoms with van der Waals surface area (Å²) in [7, 11) is 0. The molecule has 1 fully saturated rings. The van der Waals surface area contributed by atoms with Crippen molar-refractivity contribution >= 4 is 55.3 Å². The molecule has 1 amide bonds. The second-order valence-corrected chi connectivity index (χ2v) is 11.3. The normalized spacial score (nSPS) is 23.6. The third kappa shape index (κ3) is 7.46. The number of carboxylic acids is 1. The van der Waals surface area contributed by atoms with Gasteiger partial charge in [-0.1, -0.05) is 75.2 Å². The molecule has 1 saturated heterocycles. The average molecular weight is 623 g/mol. The molecule has 0 saturated carbocycles. The molecule has 3 aromatic carbocycles. The van der Waals surface area contributed by atoms with Crippen molar-refractivity contribution in [1.82, 2.24) is 4.90 Å². The standard InChI is InChI=1S/C33H38F2N2O5.Ca.2H/c1-22(2)33(42)29(31(40)36-27-14-10-13-26(35)21-27)32(41,24-11-6-5-7-12-24)30(23-16-18-25(34)19-17-23)37(33)20-9-4-3-8-15-28(38)39;;;/h5-7,10-14,16-19,21-22,29-30,41-42H,3-4,8-9,15,20H2,1-2H3,(H,36,40)(H,38,39);;;. The van der Waals surface area contributed by atoms with Crippen molar-refractivity contribution in [2.24, 2.45) is 11.8 Å². The molecule has 0 bridgehead atoms. The molecular weight excluding hydrogens is 582 g/mol. The van der Waals surface area contributed by atoms with Crippen LogP contribution in [0.25, 0.3) is 0 Å². The van der Waals surface area contributed by atoms with E-state index in [9.17, 15) is 28.6 Å². The fourth-order valence-electron chi connectivity index (χ4n) is 6.26. The SMILES string of the molecule is CC(C)C1(O)C(C(=O)Nc2cccc(F)c2)C(O)(c2ccccc2)C(c2ccc(F)cc2)N1CCCCCCC(=O)O.[CaH2]. The number of halogens is 2. The Hall–Kier alpha value is -2.40. The first-order chi connectivity index (χ1) is 20.0. The average Bonchev–Trinajstić information content (AvgIpc) is 3.16. The molecule has 4 atom stereocenters. The topological polar surface area (TPSA) is 110 Å². The van der Waals surface area contributed by atoms with Gasteiger partial charge in [-0.2, -0.15) is 0 Å². The van der Waals surface area contributed by atoms with Crippen molar-refractivity contribution in [2.75, 3.05) is 11.9 Å². The number of carboxylic acid groups (broad SMARTS) is 1. The van der Waals surface area contributed by atoms with Crippen LogP contribution >= 0.6 is 0 Å². The second kappa shape index (κ2) is 15.1. The van der Waals surface area contributed by atoms with Crippen LogP contribution in [0.2, 0.25) is 0 Å². The van der Waals surface area contributed by atoms with Crippen LogP contribution in [0.4, 0.5) is 14.5 Å². The van der Waals surface area contributed by atoms with Crippen LogP contribution in [0.3, 0.4) is 0 Å². The molecule has 0 aromatic heterocycles. The minimum absolute atomic E-state index is 0. The van der Waals surface area contributed by atoms with E-state index in [0.717, 1.165) is 6.07 Å². The molecule has 7 nitrogen and oxygen atoms in total. The van der Waals surface area contributed by atoms with Gasteiger partial charge in [0.25, 0.3) is 0 Å². The molecular formula is C33H40CaF2N2O5. The zero-order valence-electron chi connectivity index (χ0n) is 23.8. The Morgan fingerprint density at radius 3 is 2.14 bits per heavy atom. The molecule has 4 N–H and O–H groups in total. The van der Waals surface area contributed by atoms with E-state index in [1.807, 2.05) is 0 Å². The van der Waals surface area contributed by atoms with E-state index in [1.165, 1.54) is 30.3 Å². The molecule has 0 spiro atoms. The van der Waals surface area contributed by atoms with Gasteiger partial charge in [0.05, 0.1) is 6.04 Å². The van der Waals surface area contributed by atoms with Gasteiger partial charge in [0.15, 0.2) is 0 Å². The summed E-state index contributed by atoms with van der Waals surface area (Å²) < 4.78 is 28.1. The molecule has 0 aliphatic carbocycles. The molecule has 1 heterocycles. The van der Waals surface area contributed by atoms with Gasteiger partial charge in [0.2, 0.25) is 5.91 Å². The quantitative estimate of drug-likeness (QED) is 0.169. The number of rotatable bonds is 12. The summed E-state index contributed by atoms with van der Waals surface area (Å²) in [5.41, 5.74) is -2.80. The number of likely N-dealkylation sites (tertiary alicyclic amines) is 1. The molecule has 1 aliphatic rings. The Morgan fingerprint density at radius 1 is 0.884 bits per heavy atom. The fourth-order valence-corrected chi connectivity index (χ4v) is 6.26. The van der Waals surface area contributed by atoms with Gasteiger partial charge in [-0.25, -0.2) is 8.78 Å². The number of nitrogens with one attached hydrogen (secondary N) is 1. The molecule has 10 heteroatoms.